The molecule has 0 saturated heterocycles. The van der Waals surface area contributed by atoms with Gasteiger partial charge in [-0.1, -0.05) is 12.1 Å². The smallest absolute Gasteiger partial charge is 0.328 e. The Morgan fingerprint density at radius 3 is 2.50 bits per heavy atom. The summed E-state index contributed by atoms with van der Waals surface area (Å²) in [6.45, 7) is 2.20. The largest absolute Gasteiger partial charge is 0.467 e. The van der Waals surface area contributed by atoms with Crippen molar-refractivity contribution in [3.8, 4) is 0 Å². The molecule has 1 aromatic rings. The van der Waals surface area contributed by atoms with Crippen LogP contribution in [0.15, 0.2) is 24.3 Å². The number of halogens is 1. The number of esters is 1. The third-order valence-corrected chi connectivity index (χ3v) is 3.33. The van der Waals surface area contributed by atoms with Gasteiger partial charge >= 0.3 is 5.97 Å². The topological polar surface area (TPSA) is 64.6 Å². The van der Waals surface area contributed by atoms with E-state index in [4.69, 9.17) is 9.47 Å². The number of carbonyl (C=O) groups is 2. The second kappa shape index (κ2) is 8.91. The SMILES string of the molecule is CCOCC(=O)N[C@@H](Cc1ccc(I)cc1)C(=O)OC. The Kier molecular flexibility index (Phi) is 7.53. The number of carbonyl (C=O) groups excluding carboxylic acids is 2. The highest BCUT2D eigenvalue weighted by Crippen LogP contribution is 2.09. The van der Waals surface area contributed by atoms with E-state index < -0.39 is 12.0 Å². The maximum atomic E-state index is 11.7. The zero-order valence-electron chi connectivity index (χ0n) is 11.5. The third-order valence-electron chi connectivity index (χ3n) is 2.61. The summed E-state index contributed by atoms with van der Waals surface area (Å²) in [5.41, 5.74) is 0.956. The maximum absolute atomic E-state index is 11.7. The first kappa shape index (κ1) is 16.9. The van der Waals surface area contributed by atoms with Gasteiger partial charge in [0, 0.05) is 16.6 Å². The molecular weight excluding hydrogens is 373 g/mol. The zero-order chi connectivity index (χ0) is 15.0. The minimum atomic E-state index is -0.701. The van der Waals surface area contributed by atoms with Gasteiger partial charge in [0.25, 0.3) is 0 Å². The number of hydrogen-bond acceptors (Lipinski definition) is 4. The van der Waals surface area contributed by atoms with E-state index in [1.165, 1.54) is 7.11 Å². The average Bonchev–Trinajstić information content (AvgIpc) is 2.45. The molecule has 1 aromatic carbocycles. The van der Waals surface area contributed by atoms with Crippen molar-refractivity contribution in [2.24, 2.45) is 0 Å². The van der Waals surface area contributed by atoms with Gasteiger partial charge in [0.1, 0.15) is 12.6 Å². The number of benzene rings is 1. The Morgan fingerprint density at radius 2 is 1.95 bits per heavy atom. The van der Waals surface area contributed by atoms with E-state index in [9.17, 15) is 9.59 Å². The number of nitrogens with one attached hydrogen (secondary N) is 1. The van der Waals surface area contributed by atoms with Crippen molar-refractivity contribution in [2.75, 3.05) is 20.3 Å². The molecule has 0 spiro atoms. The number of rotatable bonds is 7. The van der Waals surface area contributed by atoms with Crippen molar-refractivity contribution >= 4 is 34.5 Å². The van der Waals surface area contributed by atoms with Crippen molar-refractivity contribution in [3.63, 3.8) is 0 Å². The average molecular weight is 391 g/mol. The molecule has 0 radical (unpaired) electrons. The third kappa shape index (κ3) is 5.87. The van der Waals surface area contributed by atoms with Crippen molar-refractivity contribution in [1.82, 2.24) is 5.32 Å². The van der Waals surface area contributed by atoms with Gasteiger partial charge in [-0.3, -0.25) is 4.79 Å². The van der Waals surface area contributed by atoms with Crippen LogP contribution in [0.5, 0.6) is 0 Å². The Balaban J connectivity index is 2.67. The molecule has 0 bridgehead atoms. The molecule has 1 amide bonds. The van der Waals surface area contributed by atoms with E-state index in [1.54, 1.807) is 6.92 Å². The summed E-state index contributed by atoms with van der Waals surface area (Å²) < 4.78 is 10.8. The molecule has 1 N–H and O–H groups in total. The van der Waals surface area contributed by atoms with E-state index in [2.05, 4.69) is 27.9 Å². The van der Waals surface area contributed by atoms with Gasteiger partial charge in [-0.25, -0.2) is 4.79 Å². The minimum absolute atomic E-state index is 0.0588. The quantitative estimate of drug-likeness (QED) is 0.566. The zero-order valence-corrected chi connectivity index (χ0v) is 13.7. The summed E-state index contributed by atoms with van der Waals surface area (Å²) in [6.07, 6.45) is 0.390. The predicted molar refractivity (Wildman–Crippen MR) is 83.3 cm³/mol. The number of hydrogen-bond donors (Lipinski definition) is 1. The van der Waals surface area contributed by atoms with Crippen LogP contribution in [0.25, 0.3) is 0 Å². The molecule has 1 rings (SSSR count). The fourth-order valence-electron chi connectivity index (χ4n) is 1.62. The van der Waals surface area contributed by atoms with Gasteiger partial charge in [-0.05, 0) is 47.2 Å². The molecule has 110 valence electrons. The van der Waals surface area contributed by atoms with Crippen LogP contribution in [0.3, 0.4) is 0 Å². The summed E-state index contributed by atoms with van der Waals surface area (Å²) >= 11 is 2.21. The molecule has 20 heavy (non-hydrogen) atoms. The molecule has 6 heteroatoms. The van der Waals surface area contributed by atoms with Crippen LogP contribution in [-0.4, -0.2) is 38.2 Å². The number of amides is 1. The van der Waals surface area contributed by atoms with Gasteiger partial charge < -0.3 is 14.8 Å². The Labute approximate surface area is 132 Å². The Bertz CT molecular complexity index is 447. The number of methoxy groups -OCH3 is 1. The highest BCUT2D eigenvalue weighted by Gasteiger charge is 2.21. The van der Waals surface area contributed by atoms with Gasteiger partial charge in [0.15, 0.2) is 0 Å². The lowest BCUT2D eigenvalue weighted by atomic mass is 10.1. The summed E-state index contributed by atoms with van der Waals surface area (Å²) in [7, 11) is 1.30. The molecule has 5 nitrogen and oxygen atoms in total. The first-order valence-electron chi connectivity index (χ1n) is 6.26. The molecule has 0 aliphatic carbocycles. The standard InChI is InChI=1S/C14H18INO4/c1-3-20-9-13(17)16-12(14(18)19-2)8-10-4-6-11(15)7-5-10/h4-7,12H,3,8-9H2,1-2H3,(H,16,17)/t12-/m0/s1. The molecule has 0 unspecified atom stereocenters. The van der Waals surface area contributed by atoms with Gasteiger partial charge in [-0.15, -0.1) is 0 Å². The van der Waals surface area contributed by atoms with Crippen LogP contribution in [0.2, 0.25) is 0 Å². The van der Waals surface area contributed by atoms with E-state index in [0.29, 0.717) is 13.0 Å². The van der Waals surface area contributed by atoms with Gasteiger partial charge in [0.2, 0.25) is 5.91 Å². The van der Waals surface area contributed by atoms with Crippen molar-refractivity contribution < 1.29 is 19.1 Å². The molecule has 0 saturated carbocycles. The lowest BCUT2D eigenvalue weighted by Gasteiger charge is -2.16. The molecule has 0 aliphatic heterocycles. The molecule has 1 atom stereocenters. The lowest BCUT2D eigenvalue weighted by molar-refractivity contribution is -0.145. The van der Waals surface area contributed by atoms with E-state index in [-0.39, 0.29) is 12.5 Å². The normalized spacial score (nSPS) is 11.8. The van der Waals surface area contributed by atoms with Crippen molar-refractivity contribution in [3.05, 3.63) is 33.4 Å². The Hall–Kier alpha value is -1.15. The van der Waals surface area contributed by atoms with Crippen LogP contribution in [-0.2, 0) is 25.5 Å². The lowest BCUT2D eigenvalue weighted by Crippen LogP contribution is -2.44. The second-order valence-corrected chi connectivity index (χ2v) is 5.36. The van der Waals surface area contributed by atoms with Crippen LogP contribution in [0, 0.1) is 3.57 Å². The van der Waals surface area contributed by atoms with E-state index in [0.717, 1.165) is 9.13 Å². The summed E-state index contributed by atoms with van der Waals surface area (Å²) in [6, 6.07) is 7.05. The fourth-order valence-corrected chi connectivity index (χ4v) is 1.98. The molecular formula is C14H18INO4. The molecule has 0 fully saturated rings. The predicted octanol–water partition coefficient (Wildman–Crippen LogP) is 1.53. The monoisotopic (exact) mass is 391 g/mol. The van der Waals surface area contributed by atoms with Gasteiger partial charge in [-0.2, -0.15) is 0 Å². The molecule has 0 heterocycles. The summed E-state index contributed by atoms with van der Waals surface area (Å²) in [4.78, 5) is 23.3. The van der Waals surface area contributed by atoms with Crippen LogP contribution in [0.1, 0.15) is 12.5 Å². The van der Waals surface area contributed by atoms with Gasteiger partial charge in [0.05, 0.1) is 7.11 Å². The van der Waals surface area contributed by atoms with Crippen LogP contribution < -0.4 is 5.32 Å². The number of ether oxygens (including phenoxy) is 2. The van der Waals surface area contributed by atoms with E-state index >= 15 is 0 Å². The highest BCUT2D eigenvalue weighted by atomic mass is 127. The fraction of sp³-hybridized carbons (Fsp3) is 0.429. The molecule has 0 aliphatic rings. The summed E-state index contributed by atoms with van der Waals surface area (Å²) in [5, 5.41) is 2.63. The second-order valence-electron chi connectivity index (χ2n) is 4.11. The summed E-state index contributed by atoms with van der Waals surface area (Å²) in [5.74, 6) is -0.791. The Morgan fingerprint density at radius 1 is 1.30 bits per heavy atom. The first-order valence-corrected chi connectivity index (χ1v) is 7.34. The van der Waals surface area contributed by atoms with Crippen molar-refractivity contribution in [2.45, 2.75) is 19.4 Å². The first-order chi connectivity index (χ1) is 9.56. The maximum Gasteiger partial charge on any atom is 0.328 e. The minimum Gasteiger partial charge on any atom is -0.467 e. The van der Waals surface area contributed by atoms with E-state index in [1.807, 2.05) is 24.3 Å². The van der Waals surface area contributed by atoms with Crippen LogP contribution in [0.4, 0.5) is 0 Å². The molecule has 0 aromatic heterocycles. The van der Waals surface area contributed by atoms with Crippen molar-refractivity contribution in [1.29, 1.82) is 0 Å². The van der Waals surface area contributed by atoms with Crippen LogP contribution >= 0.6 is 22.6 Å². The highest BCUT2D eigenvalue weighted by molar-refractivity contribution is 14.1.